The molecule has 3 N–H and O–H groups in total. The molecule has 0 radical (unpaired) electrons. The second-order valence-corrected chi connectivity index (χ2v) is 6.94. The highest BCUT2D eigenvalue weighted by atomic mass is 32.1. The third-order valence-corrected chi connectivity index (χ3v) is 5.12. The van der Waals surface area contributed by atoms with Gasteiger partial charge in [0.2, 0.25) is 5.91 Å². The molecule has 2 aromatic rings. The lowest BCUT2D eigenvalue weighted by molar-refractivity contribution is -0.143. The highest BCUT2D eigenvalue weighted by Crippen LogP contribution is 2.33. The number of rotatable bonds is 5. The standard InChI is InChI=1S/C17H19N3O2S/c1-12(22)20-9-17(10-20,11-21)8-19-15-7-13(4-5-14(15)18)16-3-2-6-23-16/h2-7,11,19H,8-10,18H2,1H3. The first kappa shape index (κ1) is 15.6. The summed E-state index contributed by atoms with van der Waals surface area (Å²) in [6, 6.07) is 9.93. The van der Waals surface area contributed by atoms with Gasteiger partial charge in [0.1, 0.15) is 6.29 Å². The second-order valence-electron chi connectivity index (χ2n) is 5.99. The van der Waals surface area contributed by atoms with Crippen LogP contribution in [-0.4, -0.2) is 36.7 Å². The number of hydrogen-bond acceptors (Lipinski definition) is 5. The molecule has 0 unspecified atom stereocenters. The fraction of sp³-hybridized carbons (Fsp3) is 0.294. The van der Waals surface area contributed by atoms with Crippen LogP contribution in [0.15, 0.2) is 35.7 Å². The molecule has 0 bridgehead atoms. The molecule has 1 aromatic carbocycles. The van der Waals surface area contributed by atoms with Gasteiger partial charge in [0.25, 0.3) is 0 Å². The van der Waals surface area contributed by atoms with Gasteiger partial charge in [-0.05, 0) is 29.1 Å². The number of aldehydes is 1. The van der Waals surface area contributed by atoms with E-state index in [9.17, 15) is 9.59 Å². The molecule has 6 heteroatoms. The number of likely N-dealkylation sites (tertiary alicyclic amines) is 1. The van der Waals surface area contributed by atoms with Crippen LogP contribution >= 0.6 is 11.3 Å². The largest absolute Gasteiger partial charge is 0.397 e. The molecule has 0 spiro atoms. The van der Waals surface area contributed by atoms with Crippen molar-refractivity contribution < 1.29 is 9.59 Å². The lowest BCUT2D eigenvalue weighted by atomic mass is 9.81. The quantitative estimate of drug-likeness (QED) is 0.653. The number of amides is 1. The third kappa shape index (κ3) is 3.07. The van der Waals surface area contributed by atoms with Crippen molar-refractivity contribution in [3.63, 3.8) is 0 Å². The van der Waals surface area contributed by atoms with Crippen LogP contribution < -0.4 is 11.1 Å². The average molecular weight is 329 g/mol. The number of anilines is 2. The number of nitrogens with two attached hydrogens (primary N) is 1. The van der Waals surface area contributed by atoms with Crippen molar-refractivity contribution in [2.75, 3.05) is 30.7 Å². The molecule has 1 aliphatic rings. The molecule has 1 amide bonds. The first-order chi connectivity index (χ1) is 11.0. The first-order valence-electron chi connectivity index (χ1n) is 7.42. The van der Waals surface area contributed by atoms with Crippen LogP contribution in [0.3, 0.4) is 0 Å². The lowest BCUT2D eigenvalue weighted by Gasteiger charge is -2.46. The Kier molecular flexibility index (Phi) is 4.09. The highest BCUT2D eigenvalue weighted by molar-refractivity contribution is 7.13. The zero-order valence-electron chi connectivity index (χ0n) is 12.9. The number of nitrogens with one attached hydrogen (secondary N) is 1. The van der Waals surface area contributed by atoms with Gasteiger partial charge in [0, 0.05) is 31.4 Å². The van der Waals surface area contributed by atoms with Gasteiger partial charge in [-0.1, -0.05) is 12.1 Å². The molecule has 0 atom stereocenters. The Morgan fingerprint density at radius 1 is 1.43 bits per heavy atom. The Balaban J connectivity index is 1.72. The monoisotopic (exact) mass is 329 g/mol. The van der Waals surface area contributed by atoms with Crippen molar-refractivity contribution in [2.45, 2.75) is 6.92 Å². The average Bonchev–Trinajstić information content (AvgIpc) is 3.02. The summed E-state index contributed by atoms with van der Waals surface area (Å²) in [5.74, 6) is 0.00156. The van der Waals surface area contributed by atoms with E-state index in [-0.39, 0.29) is 5.91 Å². The van der Waals surface area contributed by atoms with Crippen molar-refractivity contribution in [1.82, 2.24) is 4.90 Å². The van der Waals surface area contributed by atoms with Crippen LogP contribution in [0, 0.1) is 5.41 Å². The molecule has 5 nitrogen and oxygen atoms in total. The molecule has 1 fully saturated rings. The van der Waals surface area contributed by atoms with E-state index in [0.29, 0.717) is 25.3 Å². The minimum atomic E-state index is -0.517. The van der Waals surface area contributed by atoms with Crippen molar-refractivity contribution >= 4 is 34.9 Å². The highest BCUT2D eigenvalue weighted by Gasteiger charge is 2.44. The minimum absolute atomic E-state index is 0.00156. The Morgan fingerprint density at radius 2 is 2.22 bits per heavy atom. The molecule has 23 heavy (non-hydrogen) atoms. The summed E-state index contributed by atoms with van der Waals surface area (Å²) in [6.07, 6.45) is 0.943. The minimum Gasteiger partial charge on any atom is -0.397 e. The van der Waals surface area contributed by atoms with Crippen molar-refractivity contribution in [1.29, 1.82) is 0 Å². The molecule has 2 heterocycles. The predicted octanol–water partition coefficient (Wildman–Crippen LogP) is 2.46. The van der Waals surface area contributed by atoms with Crippen molar-refractivity contribution in [3.05, 3.63) is 35.7 Å². The maximum atomic E-state index is 11.4. The summed E-state index contributed by atoms with van der Waals surface area (Å²) in [4.78, 5) is 25.6. The van der Waals surface area contributed by atoms with Gasteiger partial charge in [-0.15, -0.1) is 11.3 Å². The number of nitrogen functional groups attached to an aromatic ring is 1. The van der Waals surface area contributed by atoms with Crippen LogP contribution in [0.5, 0.6) is 0 Å². The van der Waals surface area contributed by atoms with E-state index in [1.54, 1.807) is 16.2 Å². The number of hydrogen-bond donors (Lipinski definition) is 2. The molecular weight excluding hydrogens is 310 g/mol. The van der Waals surface area contributed by atoms with Crippen LogP contribution in [0.1, 0.15) is 6.92 Å². The molecule has 0 aliphatic carbocycles. The number of carbonyl (C=O) groups excluding carboxylic acids is 2. The van der Waals surface area contributed by atoms with Crippen LogP contribution in [0.25, 0.3) is 10.4 Å². The van der Waals surface area contributed by atoms with E-state index in [4.69, 9.17) is 5.73 Å². The van der Waals surface area contributed by atoms with Crippen LogP contribution in [-0.2, 0) is 9.59 Å². The summed E-state index contributed by atoms with van der Waals surface area (Å²) >= 11 is 1.67. The van der Waals surface area contributed by atoms with E-state index in [1.165, 1.54) is 11.8 Å². The van der Waals surface area contributed by atoms with Crippen LogP contribution in [0.2, 0.25) is 0 Å². The van der Waals surface area contributed by atoms with Gasteiger partial charge in [0.15, 0.2) is 0 Å². The normalized spacial score (nSPS) is 15.8. The molecular formula is C17H19N3O2S. The van der Waals surface area contributed by atoms with E-state index < -0.39 is 5.41 Å². The molecule has 1 aliphatic heterocycles. The zero-order valence-corrected chi connectivity index (χ0v) is 13.7. The summed E-state index contributed by atoms with van der Waals surface area (Å²) in [7, 11) is 0. The van der Waals surface area contributed by atoms with Gasteiger partial charge in [-0.2, -0.15) is 0 Å². The van der Waals surface area contributed by atoms with E-state index in [0.717, 1.165) is 17.5 Å². The molecule has 3 rings (SSSR count). The summed E-state index contributed by atoms with van der Waals surface area (Å²) < 4.78 is 0. The summed E-state index contributed by atoms with van der Waals surface area (Å²) in [5.41, 5.74) is 8.08. The third-order valence-electron chi connectivity index (χ3n) is 4.20. The Bertz CT molecular complexity index is 721. The lowest BCUT2D eigenvalue weighted by Crippen LogP contribution is -2.61. The maximum Gasteiger partial charge on any atom is 0.219 e. The Hall–Kier alpha value is -2.34. The number of carbonyl (C=O) groups is 2. The summed E-state index contributed by atoms with van der Waals surface area (Å²) in [5, 5.41) is 5.31. The Morgan fingerprint density at radius 3 is 2.83 bits per heavy atom. The van der Waals surface area contributed by atoms with Gasteiger partial charge in [0.05, 0.1) is 16.8 Å². The fourth-order valence-corrected chi connectivity index (χ4v) is 3.47. The first-order valence-corrected chi connectivity index (χ1v) is 8.30. The van der Waals surface area contributed by atoms with Crippen molar-refractivity contribution in [2.24, 2.45) is 5.41 Å². The molecule has 1 aromatic heterocycles. The van der Waals surface area contributed by atoms with E-state index in [2.05, 4.69) is 11.4 Å². The van der Waals surface area contributed by atoms with Gasteiger partial charge in [-0.3, -0.25) is 4.79 Å². The van der Waals surface area contributed by atoms with Gasteiger partial charge < -0.3 is 20.7 Å². The van der Waals surface area contributed by atoms with E-state index in [1.807, 2.05) is 29.6 Å². The maximum absolute atomic E-state index is 11.4. The number of nitrogens with zero attached hydrogens (tertiary/aromatic N) is 1. The Labute approximate surface area is 139 Å². The van der Waals surface area contributed by atoms with Crippen molar-refractivity contribution in [3.8, 4) is 10.4 Å². The number of benzene rings is 1. The van der Waals surface area contributed by atoms with Gasteiger partial charge >= 0.3 is 0 Å². The SMILES string of the molecule is CC(=O)N1CC(C=O)(CNc2cc(-c3cccs3)ccc2N)C1. The van der Waals surface area contributed by atoms with Gasteiger partial charge in [-0.25, -0.2) is 0 Å². The zero-order chi connectivity index (χ0) is 16.4. The molecule has 0 saturated carbocycles. The smallest absolute Gasteiger partial charge is 0.219 e. The van der Waals surface area contributed by atoms with Crippen LogP contribution in [0.4, 0.5) is 11.4 Å². The second kappa shape index (κ2) is 6.04. The predicted molar refractivity (Wildman–Crippen MR) is 93.4 cm³/mol. The molecule has 1 saturated heterocycles. The fourth-order valence-electron chi connectivity index (χ4n) is 2.74. The molecule has 120 valence electrons. The topological polar surface area (TPSA) is 75.4 Å². The summed E-state index contributed by atoms with van der Waals surface area (Å²) in [6.45, 7) is 2.91. The number of thiophene rings is 1. The van der Waals surface area contributed by atoms with E-state index >= 15 is 0 Å².